The number of non-ortho nitro benzene ring substituents is 1. The van der Waals surface area contributed by atoms with Gasteiger partial charge in [-0.1, -0.05) is 30.4 Å². The summed E-state index contributed by atoms with van der Waals surface area (Å²) in [6.45, 7) is 0. The molecule has 0 amide bonds. The zero-order chi connectivity index (χ0) is 16.7. The molecule has 2 rings (SSSR count). The number of carbonyl (C=O) groups is 1. The third kappa shape index (κ3) is 5.20. The van der Waals surface area contributed by atoms with Gasteiger partial charge in [0.15, 0.2) is 0 Å². The number of halogens is 1. The van der Waals surface area contributed by atoms with Crippen LogP contribution in [0.4, 0.5) is 10.1 Å². The number of nitro benzene ring substituents is 1. The highest BCUT2D eigenvalue weighted by Crippen LogP contribution is 2.17. The Bertz CT molecular complexity index is 749. The molecule has 0 heterocycles. The lowest BCUT2D eigenvalue weighted by molar-refractivity contribution is -0.384. The van der Waals surface area contributed by atoms with Gasteiger partial charge >= 0.3 is 5.97 Å². The molecule has 0 aromatic heterocycles. The molecule has 2 aromatic rings. The standard InChI is InChI=1S/C17H12FNO4/c18-14-7-5-13(6-8-14)3-1-2-4-17(20)23-16-11-9-15(10-12-16)19(21)22/h1-12H. The minimum Gasteiger partial charge on any atom is -0.423 e. The van der Waals surface area contributed by atoms with Crippen molar-refractivity contribution in [2.45, 2.75) is 0 Å². The van der Waals surface area contributed by atoms with Crippen molar-refractivity contribution >= 4 is 17.7 Å². The lowest BCUT2D eigenvalue weighted by Crippen LogP contribution is -2.03. The second kappa shape index (κ2) is 7.65. The van der Waals surface area contributed by atoms with Crippen LogP contribution < -0.4 is 4.74 Å². The Morgan fingerprint density at radius 2 is 1.70 bits per heavy atom. The van der Waals surface area contributed by atoms with Crippen molar-refractivity contribution in [1.82, 2.24) is 0 Å². The molecule has 0 unspecified atom stereocenters. The van der Waals surface area contributed by atoms with Crippen LogP contribution in [0.3, 0.4) is 0 Å². The van der Waals surface area contributed by atoms with E-state index in [0.717, 1.165) is 5.56 Å². The van der Waals surface area contributed by atoms with Crippen molar-refractivity contribution in [1.29, 1.82) is 0 Å². The Balaban J connectivity index is 1.88. The molecule has 0 N–H and O–H groups in total. The summed E-state index contributed by atoms with van der Waals surface area (Å²) in [5.74, 6) is -0.709. The van der Waals surface area contributed by atoms with Crippen molar-refractivity contribution < 1.29 is 18.8 Å². The van der Waals surface area contributed by atoms with Gasteiger partial charge in [0.05, 0.1) is 4.92 Å². The first kappa shape index (κ1) is 16.1. The summed E-state index contributed by atoms with van der Waals surface area (Å²) in [7, 11) is 0. The Hall–Kier alpha value is -3.28. The van der Waals surface area contributed by atoms with Gasteiger partial charge in [0.25, 0.3) is 5.69 Å². The number of nitro groups is 1. The summed E-state index contributed by atoms with van der Waals surface area (Å²) in [5, 5.41) is 10.5. The largest absolute Gasteiger partial charge is 0.423 e. The van der Waals surface area contributed by atoms with Gasteiger partial charge in [-0.2, -0.15) is 0 Å². The minimum absolute atomic E-state index is 0.0810. The molecule has 0 aliphatic rings. The molecule has 5 nitrogen and oxygen atoms in total. The number of carbonyl (C=O) groups excluding carboxylic acids is 1. The topological polar surface area (TPSA) is 69.4 Å². The van der Waals surface area contributed by atoms with Crippen LogP contribution >= 0.6 is 0 Å². The zero-order valence-corrected chi connectivity index (χ0v) is 11.9. The van der Waals surface area contributed by atoms with Crippen molar-refractivity contribution in [3.63, 3.8) is 0 Å². The van der Waals surface area contributed by atoms with Crippen molar-refractivity contribution in [2.24, 2.45) is 0 Å². The number of hydrogen-bond acceptors (Lipinski definition) is 4. The molecule has 0 saturated carbocycles. The smallest absolute Gasteiger partial charge is 0.336 e. The summed E-state index contributed by atoms with van der Waals surface area (Å²) in [5.41, 5.74) is 0.711. The number of benzene rings is 2. The van der Waals surface area contributed by atoms with Crippen LogP contribution in [-0.4, -0.2) is 10.9 Å². The average Bonchev–Trinajstić information content (AvgIpc) is 2.54. The third-order valence-electron chi connectivity index (χ3n) is 2.77. The fourth-order valence-corrected chi connectivity index (χ4v) is 1.66. The monoisotopic (exact) mass is 313 g/mol. The normalized spacial score (nSPS) is 11.0. The van der Waals surface area contributed by atoms with Gasteiger partial charge in [0.1, 0.15) is 11.6 Å². The molecule has 0 aliphatic carbocycles. The van der Waals surface area contributed by atoms with E-state index in [9.17, 15) is 19.3 Å². The molecule has 2 aromatic carbocycles. The molecule has 0 fully saturated rings. The minimum atomic E-state index is -0.609. The third-order valence-corrected chi connectivity index (χ3v) is 2.77. The maximum atomic E-state index is 12.7. The van der Waals surface area contributed by atoms with Crippen molar-refractivity contribution in [3.05, 3.63) is 88.3 Å². The molecule has 0 spiro atoms. The summed E-state index contributed by atoms with van der Waals surface area (Å²) >= 11 is 0. The summed E-state index contributed by atoms with van der Waals surface area (Å²) in [6.07, 6.45) is 6.01. The molecule has 0 bridgehead atoms. The maximum Gasteiger partial charge on any atom is 0.336 e. The predicted molar refractivity (Wildman–Crippen MR) is 83.3 cm³/mol. The van der Waals surface area contributed by atoms with Crippen LogP contribution in [-0.2, 0) is 4.79 Å². The van der Waals surface area contributed by atoms with E-state index < -0.39 is 10.9 Å². The fourth-order valence-electron chi connectivity index (χ4n) is 1.66. The van der Waals surface area contributed by atoms with E-state index in [2.05, 4.69) is 0 Å². The van der Waals surface area contributed by atoms with Crippen LogP contribution in [0, 0.1) is 15.9 Å². The van der Waals surface area contributed by atoms with Crippen molar-refractivity contribution in [3.8, 4) is 5.75 Å². The summed E-state index contributed by atoms with van der Waals surface area (Å²) < 4.78 is 17.7. The molecule has 0 atom stereocenters. The highest BCUT2D eigenvalue weighted by molar-refractivity contribution is 5.84. The Kier molecular flexibility index (Phi) is 5.35. The highest BCUT2D eigenvalue weighted by atomic mass is 19.1. The number of esters is 1. The highest BCUT2D eigenvalue weighted by Gasteiger charge is 2.05. The van der Waals surface area contributed by atoms with Gasteiger partial charge in [0, 0.05) is 18.2 Å². The van der Waals surface area contributed by atoms with E-state index >= 15 is 0 Å². The summed E-state index contributed by atoms with van der Waals surface area (Å²) in [4.78, 5) is 21.5. The first-order valence-corrected chi connectivity index (χ1v) is 6.61. The van der Waals surface area contributed by atoms with Crippen LogP contribution in [0.2, 0.25) is 0 Å². The van der Waals surface area contributed by atoms with Crippen LogP contribution in [0.15, 0.2) is 66.8 Å². The average molecular weight is 313 g/mol. The number of allylic oxidation sites excluding steroid dienone is 2. The lowest BCUT2D eigenvalue weighted by atomic mass is 10.2. The van der Waals surface area contributed by atoms with Gasteiger partial charge < -0.3 is 4.74 Å². The van der Waals surface area contributed by atoms with Crippen LogP contribution in [0.5, 0.6) is 5.75 Å². The Labute approximate surface area is 131 Å². The van der Waals surface area contributed by atoms with Gasteiger partial charge in [-0.3, -0.25) is 10.1 Å². The van der Waals surface area contributed by atoms with E-state index in [1.165, 1.54) is 48.6 Å². The van der Waals surface area contributed by atoms with Crippen LogP contribution in [0.25, 0.3) is 6.08 Å². The second-order valence-electron chi connectivity index (χ2n) is 4.44. The molecule has 0 saturated heterocycles. The second-order valence-corrected chi connectivity index (χ2v) is 4.44. The number of hydrogen-bond donors (Lipinski definition) is 0. The Morgan fingerprint density at radius 1 is 1.04 bits per heavy atom. The maximum absolute atomic E-state index is 12.7. The molecule has 0 aliphatic heterocycles. The molecular weight excluding hydrogens is 301 g/mol. The molecule has 116 valence electrons. The molecule has 6 heteroatoms. The number of rotatable bonds is 5. The van der Waals surface area contributed by atoms with Gasteiger partial charge in [-0.25, -0.2) is 9.18 Å². The number of ether oxygens (including phenoxy) is 1. The molecule has 23 heavy (non-hydrogen) atoms. The zero-order valence-electron chi connectivity index (χ0n) is 11.9. The van der Waals surface area contributed by atoms with Crippen molar-refractivity contribution in [2.75, 3.05) is 0 Å². The van der Waals surface area contributed by atoms with E-state index in [1.807, 2.05) is 0 Å². The fraction of sp³-hybridized carbons (Fsp3) is 0. The predicted octanol–water partition coefficient (Wildman–Crippen LogP) is 3.91. The van der Waals surface area contributed by atoms with E-state index in [4.69, 9.17) is 4.74 Å². The Morgan fingerprint density at radius 3 is 2.30 bits per heavy atom. The van der Waals surface area contributed by atoms with E-state index in [1.54, 1.807) is 24.3 Å². The van der Waals surface area contributed by atoms with Gasteiger partial charge in [-0.05, 0) is 29.8 Å². The number of nitrogens with zero attached hydrogens (tertiary/aromatic N) is 1. The molecular formula is C17H12FNO4. The van der Waals surface area contributed by atoms with Crippen LogP contribution in [0.1, 0.15) is 5.56 Å². The van der Waals surface area contributed by atoms with E-state index in [0.29, 0.717) is 0 Å². The molecule has 0 radical (unpaired) electrons. The SMILES string of the molecule is O=C(C=CC=Cc1ccc(F)cc1)Oc1ccc([N+](=O)[O-])cc1. The quantitative estimate of drug-likeness (QED) is 0.209. The summed E-state index contributed by atoms with van der Waals surface area (Å²) in [6, 6.07) is 11.1. The van der Waals surface area contributed by atoms with Gasteiger partial charge in [0.2, 0.25) is 0 Å². The van der Waals surface area contributed by atoms with Gasteiger partial charge in [-0.15, -0.1) is 0 Å². The van der Waals surface area contributed by atoms with E-state index in [-0.39, 0.29) is 17.3 Å². The first-order valence-electron chi connectivity index (χ1n) is 6.61. The lowest BCUT2D eigenvalue weighted by Gasteiger charge is -1.99. The first-order chi connectivity index (χ1) is 11.0.